The molecule has 140 valence electrons. The fourth-order valence-electron chi connectivity index (χ4n) is 3.13. The molecule has 1 aromatic carbocycles. The highest BCUT2D eigenvalue weighted by molar-refractivity contribution is 5.92. The van der Waals surface area contributed by atoms with Gasteiger partial charge in [-0.25, -0.2) is 0 Å². The smallest absolute Gasteiger partial charge is 0.237 e. The van der Waals surface area contributed by atoms with Crippen molar-refractivity contribution in [3.63, 3.8) is 0 Å². The molecule has 4 N–H and O–H groups in total. The number of hydrogen-bond acceptors (Lipinski definition) is 3. The summed E-state index contributed by atoms with van der Waals surface area (Å²) in [5.41, 5.74) is 7.61. The lowest BCUT2D eigenvalue weighted by Crippen LogP contribution is -2.41. The highest BCUT2D eigenvalue weighted by atomic mass is 35.5. The van der Waals surface area contributed by atoms with Crippen molar-refractivity contribution in [3.8, 4) is 0 Å². The van der Waals surface area contributed by atoms with Crippen LogP contribution in [-0.2, 0) is 16.1 Å². The summed E-state index contributed by atoms with van der Waals surface area (Å²) in [6.45, 7) is 4.51. The third kappa shape index (κ3) is 7.04. The number of halogens is 1. The van der Waals surface area contributed by atoms with E-state index in [1.165, 1.54) is 0 Å². The van der Waals surface area contributed by atoms with E-state index in [-0.39, 0.29) is 30.1 Å². The van der Waals surface area contributed by atoms with E-state index in [9.17, 15) is 9.59 Å². The third-order valence-electron chi connectivity index (χ3n) is 4.45. The molecule has 25 heavy (non-hydrogen) atoms. The maximum absolute atomic E-state index is 12.2. The van der Waals surface area contributed by atoms with Crippen LogP contribution >= 0.6 is 12.4 Å². The van der Waals surface area contributed by atoms with E-state index in [1.54, 1.807) is 0 Å². The van der Waals surface area contributed by atoms with E-state index in [2.05, 4.69) is 10.6 Å². The van der Waals surface area contributed by atoms with Gasteiger partial charge in [0.1, 0.15) is 0 Å². The van der Waals surface area contributed by atoms with Gasteiger partial charge >= 0.3 is 0 Å². The molecule has 0 saturated heterocycles. The van der Waals surface area contributed by atoms with Crippen molar-refractivity contribution in [1.82, 2.24) is 5.32 Å². The zero-order valence-electron chi connectivity index (χ0n) is 15.1. The van der Waals surface area contributed by atoms with E-state index in [0.717, 1.165) is 36.9 Å². The van der Waals surface area contributed by atoms with Gasteiger partial charge in [-0.2, -0.15) is 0 Å². The zero-order valence-corrected chi connectivity index (χ0v) is 15.9. The summed E-state index contributed by atoms with van der Waals surface area (Å²) < 4.78 is 0. The maximum atomic E-state index is 12.2. The van der Waals surface area contributed by atoms with Gasteiger partial charge < -0.3 is 16.4 Å². The maximum Gasteiger partial charge on any atom is 0.237 e. The van der Waals surface area contributed by atoms with Gasteiger partial charge in [-0.05, 0) is 42.9 Å². The average molecular weight is 368 g/mol. The number of rotatable bonds is 7. The number of anilines is 1. The van der Waals surface area contributed by atoms with Gasteiger partial charge in [0.05, 0.1) is 6.04 Å². The highest BCUT2D eigenvalue weighted by Gasteiger charge is 2.22. The van der Waals surface area contributed by atoms with E-state index >= 15 is 0 Å². The standard InChI is InChI=1S/C19H29N3O2.ClH/c1-13(2)10-17(20)19(24)21-12-14-6-5-9-16(11-14)22-18(23)15-7-3-4-8-15;/h5-6,9,11,13,15,17H,3-4,7-8,10,12,20H2,1-2H3,(H,21,24)(H,22,23);1H/t17-;/m0./s1. The number of amides is 2. The molecule has 1 saturated carbocycles. The van der Waals surface area contributed by atoms with E-state index in [4.69, 9.17) is 5.73 Å². The highest BCUT2D eigenvalue weighted by Crippen LogP contribution is 2.26. The SMILES string of the molecule is CC(C)C[C@H](N)C(=O)NCc1cccc(NC(=O)C2CCCC2)c1.Cl. The minimum absolute atomic E-state index is 0. The van der Waals surface area contributed by atoms with Gasteiger partial charge in [0.2, 0.25) is 11.8 Å². The Morgan fingerprint density at radius 2 is 1.92 bits per heavy atom. The fraction of sp³-hybridized carbons (Fsp3) is 0.579. The number of carbonyl (C=O) groups is 2. The summed E-state index contributed by atoms with van der Waals surface area (Å²) in [6.07, 6.45) is 4.91. The van der Waals surface area contributed by atoms with Crippen LogP contribution in [0.1, 0.15) is 51.5 Å². The summed E-state index contributed by atoms with van der Waals surface area (Å²) in [6, 6.07) is 7.12. The molecule has 1 fully saturated rings. The Kier molecular flexibility index (Phi) is 8.93. The Morgan fingerprint density at radius 3 is 2.56 bits per heavy atom. The predicted molar refractivity (Wildman–Crippen MR) is 104 cm³/mol. The summed E-state index contributed by atoms with van der Waals surface area (Å²) in [4.78, 5) is 24.2. The molecule has 5 nitrogen and oxygen atoms in total. The molecule has 1 aromatic rings. The van der Waals surface area contributed by atoms with Crippen molar-refractivity contribution >= 4 is 29.9 Å². The van der Waals surface area contributed by atoms with E-state index in [0.29, 0.717) is 18.9 Å². The Balaban J connectivity index is 0.00000312. The van der Waals surface area contributed by atoms with Crippen LogP contribution in [0.5, 0.6) is 0 Å². The van der Waals surface area contributed by atoms with Crippen LogP contribution in [0.4, 0.5) is 5.69 Å². The number of carbonyl (C=O) groups excluding carboxylic acids is 2. The summed E-state index contributed by atoms with van der Waals surface area (Å²) >= 11 is 0. The Hall–Kier alpha value is -1.59. The third-order valence-corrected chi connectivity index (χ3v) is 4.45. The predicted octanol–water partition coefficient (Wildman–Crippen LogP) is 3.23. The number of benzene rings is 1. The minimum atomic E-state index is -0.477. The van der Waals surface area contributed by atoms with Gasteiger partial charge in [0.25, 0.3) is 0 Å². The van der Waals surface area contributed by atoms with Gasteiger partial charge in [0.15, 0.2) is 0 Å². The second kappa shape index (κ2) is 10.4. The van der Waals surface area contributed by atoms with Crippen molar-refractivity contribution in [3.05, 3.63) is 29.8 Å². The van der Waals surface area contributed by atoms with Gasteiger partial charge in [-0.3, -0.25) is 9.59 Å². The molecule has 0 radical (unpaired) electrons. The summed E-state index contributed by atoms with van der Waals surface area (Å²) in [7, 11) is 0. The zero-order chi connectivity index (χ0) is 17.5. The van der Waals surface area contributed by atoms with Crippen molar-refractivity contribution in [2.75, 3.05) is 5.32 Å². The summed E-state index contributed by atoms with van der Waals surface area (Å²) in [5, 5.41) is 5.85. The van der Waals surface area contributed by atoms with E-state index < -0.39 is 6.04 Å². The minimum Gasteiger partial charge on any atom is -0.351 e. The number of hydrogen-bond donors (Lipinski definition) is 3. The molecule has 1 atom stereocenters. The van der Waals surface area contributed by atoms with E-state index in [1.807, 2.05) is 38.1 Å². The molecular weight excluding hydrogens is 338 g/mol. The van der Waals surface area contributed by atoms with Crippen LogP contribution in [-0.4, -0.2) is 17.9 Å². The van der Waals surface area contributed by atoms with Crippen molar-refractivity contribution in [1.29, 1.82) is 0 Å². The molecule has 0 heterocycles. The molecule has 0 aliphatic heterocycles. The fourth-order valence-corrected chi connectivity index (χ4v) is 3.13. The van der Waals surface area contributed by atoms with Gasteiger partial charge in [-0.1, -0.05) is 38.8 Å². The first kappa shape index (κ1) is 21.5. The molecule has 0 spiro atoms. The molecule has 2 amide bonds. The molecule has 0 bridgehead atoms. The van der Waals surface area contributed by atoms with Gasteiger partial charge in [-0.15, -0.1) is 12.4 Å². The Bertz CT molecular complexity index is 572. The Labute approximate surface area is 156 Å². The number of nitrogens with two attached hydrogens (primary N) is 1. The molecule has 2 rings (SSSR count). The van der Waals surface area contributed by atoms with Crippen LogP contribution in [0.15, 0.2) is 24.3 Å². The monoisotopic (exact) mass is 367 g/mol. The molecule has 0 aromatic heterocycles. The first-order valence-electron chi connectivity index (χ1n) is 8.89. The largest absolute Gasteiger partial charge is 0.351 e. The van der Waals surface area contributed by atoms with Crippen LogP contribution in [0.3, 0.4) is 0 Å². The lowest BCUT2D eigenvalue weighted by atomic mass is 10.0. The Morgan fingerprint density at radius 1 is 1.24 bits per heavy atom. The summed E-state index contributed by atoms with van der Waals surface area (Å²) in [5.74, 6) is 0.499. The lowest BCUT2D eigenvalue weighted by molar-refractivity contribution is -0.123. The van der Waals surface area contributed by atoms with Crippen LogP contribution in [0, 0.1) is 11.8 Å². The molecule has 6 heteroatoms. The second-order valence-electron chi connectivity index (χ2n) is 7.12. The quantitative estimate of drug-likeness (QED) is 0.691. The first-order chi connectivity index (χ1) is 11.5. The lowest BCUT2D eigenvalue weighted by Gasteiger charge is -2.15. The van der Waals surface area contributed by atoms with Crippen molar-refractivity contribution < 1.29 is 9.59 Å². The first-order valence-corrected chi connectivity index (χ1v) is 8.89. The second-order valence-corrected chi connectivity index (χ2v) is 7.12. The van der Waals surface area contributed by atoms with Crippen molar-refractivity contribution in [2.45, 2.75) is 58.5 Å². The molecule has 1 aliphatic rings. The average Bonchev–Trinajstić information content (AvgIpc) is 3.07. The normalized spacial score (nSPS) is 15.5. The topological polar surface area (TPSA) is 84.2 Å². The molecule has 0 unspecified atom stereocenters. The van der Waals surface area contributed by atoms with Crippen LogP contribution < -0.4 is 16.4 Å². The van der Waals surface area contributed by atoms with Crippen LogP contribution in [0.2, 0.25) is 0 Å². The van der Waals surface area contributed by atoms with Crippen LogP contribution in [0.25, 0.3) is 0 Å². The van der Waals surface area contributed by atoms with Crippen molar-refractivity contribution in [2.24, 2.45) is 17.6 Å². The number of nitrogens with one attached hydrogen (secondary N) is 2. The molecular formula is C19H30ClN3O2. The van der Waals surface area contributed by atoms with Gasteiger partial charge in [0, 0.05) is 18.2 Å². The molecule has 1 aliphatic carbocycles.